The Labute approximate surface area is 96.7 Å². The zero-order valence-electron chi connectivity index (χ0n) is 9.28. The predicted octanol–water partition coefficient (Wildman–Crippen LogP) is -1.83. The molecule has 4 N–H and O–H groups in total. The summed E-state index contributed by atoms with van der Waals surface area (Å²) in [5, 5.41) is 18.6. The molecule has 0 bridgehead atoms. The first-order chi connectivity index (χ1) is 8.02. The fourth-order valence-electron chi connectivity index (χ4n) is 1.90. The zero-order valence-corrected chi connectivity index (χ0v) is 9.28. The molecular weight excluding hydrogens is 228 g/mol. The van der Waals surface area contributed by atoms with Gasteiger partial charge in [-0.3, -0.25) is 4.57 Å². The van der Waals surface area contributed by atoms with Crippen molar-refractivity contribution in [3.63, 3.8) is 0 Å². The standard InChI is InChI=1S/C9H14N4O4/c1-4-11-8(10)12-9(16)13(4)7-2-5(15)6(3-14)17-7/h5-7,14-15H,2-3H2,1H3,(H2,10,12,16). The molecule has 94 valence electrons. The van der Waals surface area contributed by atoms with E-state index >= 15 is 0 Å². The fraction of sp³-hybridized carbons (Fsp3) is 0.667. The van der Waals surface area contributed by atoms with Crippen molar-refractivity contribution in [1.82, 2.24) is 14.5 Å². The monoisotopic (exact) mass is 242 g/mol. The van der Waals surface area contributed by atoms with Crippen LogP contribution in [0.5, 0.6) is 0 Å². The number of anilines is 1. The Morgan fingerprint density at radius 2 is 2.29 bits per heavy atom. The van der Waals surface area contributed by atoms with E-state index in [-0.39, 0.29) is 19.0 Å². The van der Waals surface area contributed by atoms with Gasteiger partial charge in [-0.2, -0.15) is 9.97 Å². The highest BCUT2D eigenvalue weighted by atomic mass is 16.5. The molecule has 8 heteroatoms. The summed E-state index contributed by atoms with van der Waals surface area (Å²) in [7, 11) is 0. The number of aromatic nitrogens is 3. The van der Waals surface area contributed by atoms with Crippen molar-refractivity contribution in [2.45, 2.75) is 31.8 Å². The van der Waals surface area contributed by atoms with E-state index in [1.165, 1.54) is 4.57 Å². The summed E-state index contributed by atoms with van der Waals surface area (Å²) in [6.45, 7) is 1.29. The summed E-state index contributed by atoms with van der Waals surface area (Å²) in [5.41, 5.74) is 4.76. The van der Waals surface area contributed by atoms with Crippen LogP contribution in [0.15, 0.2) is 4.79 Å². The number of aryl methyl sites for hydroxylation is 1. The molecule has 0 amide bonds. The molecule has 1 aliphatic heterocycles. The van der Waals surface area contributed by atoms with E-state index in [9.17, 15) is 9.90 Å². The maximum absolute atomic E-state index is 11.7. The summed E-state index contributed by atoms with van der Waals surface area (Å²) in [6.07, 6.45) is -1.97. The van der Waals surface area contributed by atoms with E-state index in [0.29, 0.717) is 5.82 Å². The van der Waals surface area contributed by atoms with Gasteiger partial charge in [0.25, 0.3) is 0 Å². The molecule has 0 saturated carbocycles. The Kier molecular flexibility index (Phi) is 3.09. The minimum Gasteiger partial charge on any atom is -0.394 e. The summed E-state index contributed by atoms with van der Waals surface area (Å²) < 4.78 is 6.57. The number of nitrogen functional groups attached to an aromatic ring is 1. The summed E-state index contributed by atoms with van der Waals surface area (Å²) in [6, 6.07) is 0. The molecule has 0 aliphatic carbocycles. The maximum Gasteiger partial charge on any atom is 0.354 e. The van der Waals surface area contributed by atoms with Crippen molar-refractivity contribution in [2.75, 3.05) is 12.3 Å². The number of aliphatic hydroxyl groups is 2. The largest absolute Gasteiger partial charge is 0.394 e. The molecule has 0 spiro atoms. The zero-order chi connectivity index (χ0) is 12.6. The number of nitrogens with zero attached hydrogens (tertiary/aromatic N) is 3. The molecule has 1 aliphatic rings. The van der Waals surface area contributed by atoms with Gasteiger partial charge < -0.3 is 20.7 Å². The molecule has 0 aromatic carbocycles. The van der Waals surface area contributed by atoms with Gasteiger partial charge in [0, 0.05) is 6.42 Å². The third-order valence-corrected chi connectivity index (χ3v) is 2.71. The molecule has 1 fully saturated rings. The van der Waals surface area contributed by atoms with E-state index in [0.717, 1.165) is 0 Å². The van der Waals surface area contributed by atoms with Gasteiger partial charge in [0.05, 0.1) is 12.7 Å². The van der Waals surface area contributed by atoms with Crippen LogP contribution in [0.2, 0.25) is 0 Å². The van der Waals surface area contributed by atoms with Crippen LogP contribution < -0.4 is 11.4 Å². The lowest BCUT2D eigenvalue weighted by atomic mass is 10.2. The van der Waals surface area contributed by atoms with Crippen LogP contribution in [0, 0.1) is 6.92 Å². The van der Waals surface area contributed by atoms with Gasteiger partial charge in [0.1, 0.15) is 18.2 Å². The van der Waals surface area contributed by atoms with E-state index in [4.69, 9.17) is 15.6 Å². The SMILES string of the molecule is Cc1nc(N)nc(=O)n1C1CC(O)C(CO)O1. The molecule has 1 aromatic rings. The first kappa shape index (κ1) is 12.0. The van der Waals surface area contributed by atoms with E-state index < -0.39 is 24.1 Å². The van der Waals surface area contributed by atoms with Crippen LogP contribution >= 0.6 is 0 Å². The highest BCUT2D eigenvalue weighted by Crippen LogP contribution is 2.27. The quantitative estimate of drug-likeness (QED) is 0.557. The lowest BCUT2D eigenvalue weighted by Crippen LogP contribution is -2.31. The van der Waals surface area contributed by atoms with Crippen LogP contribution in [0.1, 0.15) is 18.5 Å². The Hall–Kier alpha value is -1.51. The predicted molar refractivity (Wildman–Crippen MR) is 57.1 cm³/mol. The Bertz CT molecular complexity index is 475. The van der Waals surface area contributed by atoms with Crippen molar-refractivity contribution < 1.29 is 14.9 Å². The van der Waals surface area contributed by atoms with Gasteiger partial charge in [-0.15, -0.1) is 0 Å². The average Bonchev–Trinajstić information content (AvgIpc) is 2.57. The van der Waals surface area contributed by atoms with Gasteiger partial charge in [0.15, 0.2) is 0 Å². The Morgan fingerprint density at radius 1 is 1.59 bits per heavy atom. The number of nitrogens with two attached hydrogens (primary N) is 1. The van der Waals surface area contributed by atoms with Crippen molar-refractivity contribution in [2.24, 2.45) is 0 Å². The lowest BCUT2D eigenvalue weighted by molar-refractivity contribution is -0.0469. The van der Waals surface area contributed by atoms with Crippen LogP contribution in [0.25, 0.3) is 0 Å². The summed E-state index contributed by atoms with van der Waals surface area (Å²) in [5.74, 6) is 0.263. The molecule has 0 radical (unpaired) electrons. The second kappa shape index (κ2) is 4.40. The lowest BCUT2D eigenvalue weighted by Gasteiger charge is -2.16. The van der Waals surface area contributed by atoms with Gasteiger partial charge in [-0.25, -0.2) is 4.79 Å². The average molecular weight is 242 g/mol. The van der Waals surface area contributed by atoms with Gasteiger partial charge in [-0.1, -0.05) is 0 Å². The van der Waals surface area contributed by atoms with Crippen molar-refractivity contribution >= 4 is 5.95 Å². The number of ether oxygens (including phenoxy) is 1. The van der Waals surface area contributed by atoms with E-state index in [1.54, 1.807) is 6.92 Å². The maximum atomic E-state index is 11.7. The molecule has 8 nitrogen and oxygen atoms in total. The van der Waals surface area contributed by atoms with Crippen LogP contribution in [0.4, 0.5) is 5.95 Å². The fourth-order valence-corrected chi connectivity index (χ4v) is 1.90. The topological polar surface area (TPSA) is 123 Å². The smallest absolute Gasteiger partial charge is 0.354 e. The molecule has 1 saturated heterocycles. The molecule has 3 atom stereocenters. The highest BCUT2D eigenvalue weighted by Gasteiger charge is 2.35. The number of aliphatic hydroxyl groups excluding tert-OH is 2. The van der Waals surface area contributed by atoms with Gasteiger partial charge in [0.2, 0.25) is 5.95 Å². The van der Waals surface area contributed by atoms with Gasteiger partial charge >= 0.3 is 5.69 Å². The third-order valence-electron chi connectivity index (χ3n) is 2.71. The number of rotatable bonds is 2. The summed E-state index contributed by atoms with van der Waals surface area (Å²) >= 11 is 0. The minimum absolute atomic E-state index is 0.0963. The molecule has 3 unspecified atom stereocenters. The molecular formula is C9H14N4O4. The second-order valence-corrected chi connectivity index (χ2v) is 3.90. The van der Waals surface area contributed by atoms with Crippen LogP contribution in [-0.2, 0) is 4.74 Å². The van der Waals surface area contributed by atoms with Crippen LogP contribution in [-0.4, -0.2) is 43.6 Å². The number of hydrogen-bond donors (Lipinski definition) is 3. The Balaban J connectivity index is 2.34. The van der Waals surface area contributed by atoms with Crippen molar-refractivity contribution in [3.8, 4) is 0 Å². The summed E-state index contributed by atoms with van der Waals surface area (Å²) in [4.78, 5) is 19.0. The molecule has 2 rings (SSSR count). The first-order valence-corrected chi connectivity index (χ1v) is 5.20. The normalized spacial score (nSPS) is 28.5. The molecule has 17 heavy (non-hydrogen) atoms. The Morgan fingerprint density at radius 3 is 2.82 bits per heavy atom. The van der Waals surface area contributed by atoms with Crippen molar-refractivity contribution in [1.29, 1.82) is 0 Å². The molecule has 2 heterocycles. The number of hydrogen-bond acceptors (Lipinski definition) is 7. The molecule has 1 aromatic heterocycles. The highest BCUT2D eigenvalue weighted by molar-refractivity contribution is 5.13. The van der Waals surface area contributed by atoms with E-state index in [2.05, 4.69) is 9.97 Å². The van der Waals surface area contributed by atoms with E-state index in [1.807, 2.05) is 0 Å². The van der Waals surface area contributed by atoms with Crippen molar-refractivity contribution in [3.05, 3.63) is 16.3 Å². The van der Waals surface area contributed by atoms with Gasteiger partial charge in [-0.05, 0) is 6.92 Å². The third kappa shape index (κ3) is 2.14. The van der Waals surface area contributed by atoms with Crippen LogP contribution in [0.3, 0.4) is 0 Å². The first-order valence-electron chi connectivity index (χ1n) is 5.20. The second-order valence-electron chi connectivity index (χ2n) is 3.90. The minimum atomic E-state index is -0.811.